The molecule has 0 amide bonds. The Bertz CT molecular complexity index is 634. The van der Waals surface area contributed by atoms with Gasteiger partial charge in [0.1, 0.15) is 12.4 Å². The van der Waals surface area contributed by atoms with Crippen LogP contribution in [0.15, 0.2) is 34.8 Å². The Morgan fingerprint density at radius 3 is 2.50 bits per heavy atom. The lowest BCUT2D eigenvalue weighted by molar-refractivity contribution is 0.284. The summed E-state index contributed by atoms with van der Waals surface area (Å²) in [6.45, 7) is 0.0413. The number of hydrogen-bond donors (Lipinski definition) is 1. The van der Waals surface area contributed by atoms with E-state index in [1.165, 1.54) is 24.3 Å². The van der Waals surface area contributed by atoms with Crippen molar-refractivity contribution in [1.29, 1.82) is 0 Å². The van der Waals surface area contributed by atoms with Crippen molar-refractivity contribution in [3.63, 3.8) is 0 Å². The molecule has 2 N–H and O–H groups in total. The van der Waals surface area contributed by atoms with Crippen molar-refractivity contribution in [2.24, 2.45) is 5.73 Å². The summed E-state index contributed by atoms with van der Waals surface area (Å²) in [5.74, 6) is -2.68. The van der Waals surface area contributed by atoms with Crippen LogP contribution in [0.5, 0.6) is 5.75 Å². The number of halogens is 4. The summed E-state index contributed by atoms with van der Waals surface area (Å²) >= 11 is 3.05. The van der Waals surface area contributed by atoms with Gasteiger partial charge in [0.25, 0.3) is 0 Å². The molecule has 0 aliphatic rings. The molecule has 0 heterocycles. The summed E-state index contributed by atoms with van der Waals surface area (Å²) in [5, 5.41) is 0. The normalized spacial score (nSPS) is 10.7. The van der Waals surface area contributed by atoms with Gasteiger partial charge in [0.15, 0.2) is 11.6 Å². The monoisotopic (exact) mass is 345 g/mol. The Morgan fingerprint density at radius 1 is 1.05 bits per heavy atom. The number of hydrogen-bond acceptors (Lipinski definition) is 2. The van der Waals surface area contributed by atoms with Crippen LogP contribution in [0.3, 0.4) is 0 Å². The highest BCUT2D eigenvalue weighted by molar-refractivity contribution is 9.10. The number of benzene rings is 2. The minimum atomic E-state index is -1.06. The summed E-state index contributed by atoms with van der Waals surface area (Å²) in [4.78, 5) is 0. The summed E-state index contributed by atoms with van der Waals surface area (Å²) in [6, 6.07) is 6.62. The zero-order valence-electron chi connectivity index (χ0n) is 10.3. The molecule has 0 bridgehead atoms. The van der Waals surface area contributed by atoms with Crippen LogP contribution >= 0.6 is 15.9 Å². The molecule has 0 saturated heterocycles. The van der Waals surface area contributed by atoms with Gasteiger partial charge in [-0.1, -0.05) is 22.0 Å². The van der Waals surface area contributed by atoms with Gasteiger partial charge in [-0.25, -0.2) is 8.78 Å². The van der Waals surface area contributed by atoms with Crippen LogP contribution in [0.4, 0.5) is 13.2 Å². The maximum absolute atomic E-state index is 13.5. The molecule has 0 aliphatic heterocycles. The van der Waals surface area contributed by atoms with Gasteiger partial charge in [-0.2, -0.15) is 4.39 Å². The first-order valence-corrected chi connectivity index (χ1v) is 6.55. The van der Waals surface area contributed by atoms with Crippen molar-refractivity contribution < 1.29 is 17.9 Å². The van der Waals surface area contributed by atoms with Gasteiger partial charge in [0.2, 0.25) is 5.82 Å². The summed E-state index contributed by atoms with van der Waals surface area (Å²) in [7, 11) is 0. The van der Waals surface area contributed by atoms with Crippen LogP contribution in [0.25, 0.3) is 0 Å². The molecule has 2 aromatic carbocycles. The van der Waals surface area contributed by atoms with Gasteiger partial charge in [-0.15, -0.1) is 0 Å². The fourth-order valence-corrected chi connectivity index (χ4v) is 2.08. The number of nitrogens with two attached hydrogens (primary N) is 1. The van der Waals surface area contributed by atoms with E-state index in [0.29, 0.717) is 15.6 Å². The van der Waals surface area contributed by atoms with Crippen molar-refractivity contribution in [3.8, 4) is 5.75 Å². The van der Waals surface area contributed by atoms with Crippen LogP contribution in [-0.4, -0.2) is 0 Å². The largest absolute Gasteiger partial charge is 0.486 e. The molecule has 2 nitrogen and oxygen atoms in total. The van der Waals surface area contributed by atoms with E-state index in [-0.39, 0.29) is 18.9 Å². The molecule has 0 spiro atoms. The van der Waals surface area contributed by atoms with Gasteiger partial charge >= 0.3 is 0 Å². The Hall–Kier alpha value is -1.53. The minimum Gasteiger partial charge on any atom is -0.486 e. The Balaban J connectivity index is 2.17. The molecule has 20 heavy (non-hydrogen) atoms. The average molecular weight is 346 g/mol. The molecule has 6 heteroatoms. The fraction of sp³-hybridized carbons (Fsp3) is 0.143. The first kappa shape index (κ1) is 14.9. The van der Waals surface area contributed by atoms with Crippen LogP contribution in [0, 0.1) is 17.5 Å². The molecule has 0 fully saturated rings. The summed E-state index contributed by atoms with van der Waals surface area (Å²) in [6.07, 6.45) is 0. The third kappa shape index (κ3) is 3.32. The maximum Gasteiger partial charge on any atom is 0.200 e. The average Bonchev–Trinajstić information content (AvgIpc) is 2.42. The first-order valence-electron chi connectivity index (χ1n) is 5.76. The van der Waals surface area contributed by atoms with Crippen LogP contribution in [0.1, 0.15) is 11.1 Å². The van der Waals surface area contributed by atoms with Gasteiger partial charge in [-0.3, -0.25) is 0 Å². The molecule has 0 radical (unpaired) electrons. The van der Waals surface area contributed by atoms with E-state index in [9.17, 15) is 13.2 Å². The van der Waals surface area contributed by atoms with E-state index in [1.54, 1.807) is 0 Å². The molecular formula is C14H11BrF3NO. The van der Waals surface area contributed by atoms with Crippen LogP contribution in [-0.2, 0) is 13.2 Å². The molecule has 0 unspecified atom stereocenters. The van der Waals surface area contributed by atoms with Crippen molar-refractivity contribution >= 4 is 15.9 Å². The topological polar surface area (TPSA) is 35.2 Å². The standard InChI is InChI=1S/C14H11BrF3NO/c15-10-4-12(17)14(18)13(5-10)20-7-8-1-2-11(16)9(3-8)6-19/h1-5H,6-7,19H2. The summed E-state index contributed by atoms with van der Waals surface area (Å²) < 4.78 is 45.5. The summed E-state index contributed by atoms with van der Waals surface area (Å²) in [5.41, 5.74) is 6.35. The van der Waals surface area contributed by atoms with E-state index in [2.05, 4.69) is 15.9 Å². The quantitative estimate of drug-likeness (QED) is 0.853. The van der Waals surface area contributed by atoms with E-state index >= 15 is 0 Å². The van der Waals surface area contributed by atoms with E-state index in [4.69, 9.17) is 10.5 Å². The second-order valence-electron chi connectivity index (χ2n) is 4.12. The second-order valence-corrected chi connectivity index (χ2v) is 5.03. The molecule has 106 valence electrons. The van der Waals surface area contributed by atoms with Crippen molar-refractivity contribution in [3.05, 3.63) is 63.4 Å². The van der Waals surface area contributed by atoms with Crippen LogP contribution < -0.4 is 10.5 Å². The zero-order valence-corrected chi connectivity index (χ0v) is 11.9. The van der Waals surface area contributed by atoms with E-state index < -0.39 is 17.5 Å². The van der Waals surface area contributed by atoms with Gasteiger partial charge in [0, 0.05) is 16.6 Å². The predicted octanol–water partition coefficient (Wildman–Crippen LogP) is 3.90. The number of ether oxygens (including phenoxy) is 1. The van der Waals surface area contributed by atoms with Gasteiger partial charge in [0.05, 0.1) is 0 Å². The molecule has 0 saturated carbocycles. The predicted molar refractivity (Wildman–Crippen MR) is 72.7 cm³/mol. The molecule has 0 atom stereocenters. The second kappa shape index (κ2) is 6.28. The minimum absolute atomic E-state index is 0.0138. The van der Waals surface area contributed by atoms with E-state index in [1.807, 2.05) is 0 Å². The van der Waals surface area contributed by atoms with Crippen molar-refractivity contribution in [2.45, 2.75) is 13.2 Å². The lowest BCUT2D eigenvalue weighted by Crippen LogP contribution is -2.03. The molecule has 2 aromatic rings. The van der Waals surface area contributed by atoms with Crippen molar-refractivity contribution in [1.82, 2.24) is 0 Å². The van der Waals surface area contributed by atoms with Gasteiger partial charge in [-0.05, 0) is 29.8 Å². The SMILES string of the molecule is NCc1cc(COc2cc(Br)cc(F)c2F)ccc1F. The highest BCUT2D eigenvalue weighted by atomic mass is 79.9. The Kier molecular flexibility index (Phi) is 4.67. The third-order valence-corrected chi connectivity index (χ3v) is 3.14. The van der Waals surface area contributed by atoms with Gasteiger partial charge < -0.3 is 10.5 Å². The van der Waals surface area contributed by atoms with Crippen LogP contribution in [0.2, 0.25) is 0 Å². The molecule has 0 aromatic heterocycles. The highest BCUT2D eigenvalue weighted by Gasteiger charge is 2.12. The number of rotatable bonds is 4. The molecule has 2 rings (SSSR count). The fourth-order valence-electron chi connectivity index (χ4n) is 1.67. The third-order valence-electron chi connectivity index (χ3n) is 2.68. The van der Waals surface area contributed by atoms with Crippen molar-refractivity contribution in [2.75, 3.05) is 0 Å². The highest BCUT2D eigenvalue weighted by Crippen LogP contribution is 2.26. The lowest BCUT2D eigenvalue weighted by atomic mass is 10.1. The molecule has 0 aliphatic carbocycles. The maximum atomic E-state index is 13.5. The lowest BCUT2D eigenvalue weighted by Gasteiger charge is -2.09. The zero-order chi connectivity index (χ0) is 14.7. The smallest absolute Gasteiger partial charge is 0.200 e. The molecular weight excluding hydrogens is 335 g/mol. The van der Waals surface area contributed by atoms with E-state index in [0.717, 1.165) is 6.07 Å². The Morgan fingerprint density at radius 2 is 1.80 bits per heavy atom. The Labute approximate surface area is 122 Å². The first-order chi connectivity index (χ1) is 9.51.